The van der Waals surface area contributed by atoms with E-state index in [0.29, 0.717) is 5.56 Å². The zero-order chi connectivity index (χ0) is 10.6. The van der Waals surface area contributed by atoms with E-state index in [2.05, 4.69) is 0 Å². The molecule has 0 aliphatic rings. The van der Waals surface area contributed by atoms with E-state index in [1.165, 1.54) is 12.1 Å². The maximum absolute atomic E-state index is 9.12. The van der Waals surface area contributed by atoms with E-state index in [0.717, 1.165) is 0 Å². The van der Waals surface area contributed by atoms with Crippen LogP contribution >= 0.6 is 0 Å². The molecule has 0 radical (unpaired) electrons. The molecule has 0 spiro atoms. The van der Waals surface area contributed by atoms with Crippen LogP contribution in [0.4, 0.5) is 0 Å². The van der Waals surface area contributed by atoms with Gasteiger partial charge in [-0.05, 0) is 17.7 Å². The highest BCUT2D eigenvalue weighted by Crippen LogP contribution is 2.24. The third kappa shape index (κ3) is 1.87. The van der Waals surface area contributed by atoms with Gasteiger partial charge >= 0.3 is 0 Å². The van der Waals surface area contributed by atoms with E-state index in [1.54, 1.807) is 12.1 Å². The van der Waals surface area contributed by atoms with Crippen molar-refractivity contribution in [2.45, 2.75) is 5.41 Å². The number of hydrogen-bond donors (Lipinski definition) is 4. The molecule has 4 heteroatoms. The lowest BCUT2D eigenvalue weighted by molar-refractivity contribution is 0.0640. The van der Waals surface area contributed by atoms with Crippen LogP contribution in [0.1, 0.15) is 5.56 Å². The Kier molecular flexibility index (Phi) is 3.46. The lowest BCUT2D eigenvalue weighted by Gasteiger charge is -2.27. The Hall–Kier alpha value is -1.10. The Morgan fingerprint density at radius 2 is 1.29 bits per heavy atom. The van der Waals surface area contributed by atoms with E-state index in [-0.39, 0.29) is 25.6 Å². The lowest BCUT2D eigenvalue weighted by atomic mass is 9.83. The molecular formula is C10H14O4. The molecule has 14 heavy (non-hydrogen) atoms. The average Bonchev–Trinajstić information content (AvgIpc) is 2.24. The molecule has 0 heterocycles. The molecule has 0 unspecified atom stereocenters. The lowest BCUT2D eigenvalue weighted by Crippen LogP contribution is -2.38. The molecule has 1 rings (SSSR count). The molecule has 4 N–H and O–H groups in total. The molecule has 0 bridgehead atoms. The monoisotopic (exact) mass is 198 g/mol. The largest absolute Gasteiger partial charge is 0.508 e. The molecule has 0 amide bonds. The topological polar surface area (TPSA) is 80.9 Å². The highest BCUT2D eigenvalue weighted by atomic mass is 16.3. The molecule has 4 nitrogen and oxygen atoms in total. The Morgan fingerprint density at radius 1 is 0.857 bits per heavy atom. The van der Waals surface area contributed by atoms with E-state index in [4.69, 9.17) is 20.4 Å². The molecule has 78 valence electrons. The predicted molar refractivity (Wildman–Crippen MR) is 51.0 cm³/mol. The van der Waals surface area contributed by atoms with Crippen LogP contribution in [0.25, 0.3) is 0 Å². The zero-order valence-corrected chi connectivity index (χ0v) is 7.72. The van der Waals surface area contributed by atoms with Gasteiger partial charge in [-0.2, -0.15) is 0 Å². The van der Waals surface area contributed by atoms with Crippen LogP contribution in [0.3, 0.4) is 0 Å². The van der Waals surface area contributed by atoms with E-state index < -0.39 is 5.41 Å². The fourth-order valence-corrected chi connectivity index (χ4v) is 1.24. The van der Waals surface area contributed by atoms with Crippen LogP contribution in [-0.2, 0) is 5.41 Å². The number of benzene rings is 1. The van der Waals surface area contributed by atoms with Crippen LogP contribution in [0, 0.1) is 0 Å². The average molecular weight is 198 g/mol. The minimum absolute atomic E-state index is 0.108. The standard InChI is InChI=1S/C10H14O4/c11-5-10(6-12,7-13)8-1-3-9(14)4-2-8/h1-4,11-14H,5-7H2. The highest BCUT2D eigenvalue weighted by Gasteiger charge is 2.30. The van der Waals surface area contributed by atoms with Crippen molar-refractivity contribution in [2.75, 3.05) is 19.8 Å². The summed E-state index contributed by atoms with van der Waals surface area (Å²) >= 11 is 0. The third-order valence-corrected chi connectivity index (χ3v) is 2.39. The van der Waals surface area contributed by atoms with Crippen molar-refractivity contribution in [3.8, 4) is 5.75 Å². The van der Waals surface area contributed by atoms with Gasteiger partial charge in [-0.1, -0.05) is 12.1 Å². The van der Waals surface area contributed by atoms with Crippen LogP contribution in [0.15, 0.2) is 24.3 Å². The summed E-state index contributed by atoms with van der Waals surface area (Å²) in [6.45, 7) is -1.03. The number of hydrogen-bond acceptors (Lipinski definition) is 4. The minimum atomic E-state index is -1.03. The number of rotatable bonds is 4. The molecule has 0 atom stereocenters. The van der Waals surface area contributed by atoms with Crippen LogP contribution < -0.4 is 0 Å². The van der Waals surface area contributed by atoms with Crippen LogP contribution in [0.5, 0.6) is 5.75 Å². The summed E-state index contributed by atoms with van der Waals surface area (Å²) in [7, 11) is 0. The van der Waals surface area contributed by atoms with Gasteiger partial charge in [0.15, 0.2) is 0 Å². The van der Waals surface area contributed by atoms with Gasteiger partial charge in [0.25, 0.3) is 0 Å². The molecule has 0 saturated heterocycles. The van der Waals surface area contributed by atoms with Crippen LogP contribution in [0.2, 0.25) is 0 Å². The number of aliphatic hydroxyl groups excluding tert-OH is 3. The third-order valence-electron chi connectivity index (χ3n) is 2.39. The highest BCUT2D eigenvalue weighted by molar-refractivity contribution is 5.32. The van der Waals surface area contributed by atoms with Crippen molar-refractivity contribution >= 4 is 0 Å². The fraction of sp³-hybridized carbons (Fsp3) is 0.400. The van der Waals surface area contributed by atoms with Crippen molar-refractivity contribution < 1.29 is 20.4 Å². The van der Waals surface area contributed by atoms with Crippen molar-refractivity contribution in [3.63, 3.8) is 0 Å². The van der Waals surface area contributed by atoms with Gasteiger partial charge in [0.1, 0.15) is 5.75 Å². The van der Waals surface area contributed by atoms with Gasteiger partial charge in [0.05, 0.1) is 25.2 Å². The second kappa shape index (κ2) is 4.41. The summed E-state index contributed by atoms with van der Waals surface area (Å²) in [5.41, 5.74) is -0.434. The Morgan fingerprint density at radius 3 is 1.64 bits per heavy atom. The first kappa shape index (κ1) is 11.0. The number of aromatic hydroxyl groups is 1. The number of aliphatic hydroxyl groups is 3. The minimum Gasteiger partial charge on any atom is -0.508 e. The van der Waals surface area contributed by atoms with Gasteiger partial charge in [-0.15, -0.1) is 0 Å². The molecule has 1 aromatic rings. The smallest absolute Gasteiger partial charge is 0.115 e. The summed E-state index contributed by atoms with van der Waals surface area (Å²) in [5.74, 6) is 0.108. The van der Waals surface area contributed by atoms with Crippen molar-refractivity contribution in [1.29, 1.82) is 0 Å². The van der Waals surface area contributed by atoms with Gasteiger partial charge in [-0.25, -0.2) is 0 Å². The predicted octanol–water partition coefficient (Wildman–Crippen LogP) is -0.393. The van der Waals surface area contributed by atoms with Crippen molar-refractivity contribution in [1.82, 2.24) is 0 Å². The first-order valence-corrected chi connectivity index (χ1v) is 4.30. The zero-order valence-electron chi connectivity index (χ0n) is 7.72. The summed E-state index contributed by atoms with van der Waals surface area (Å²) < 4.78 is 0. The molecule has 0 fully saturated rings. The van der Waals surface area contributed by atoms with Crippen molar-refractivity contribution in [2.24, 2.45) is 0 Å². The summed E-state index contributed by atoms with van der Waals surface area (Å²) in [4.78, 5) is 0. The van der Waals surface area contributed by atoms with E-state index in [9.17, 15) is 0 Å². The maximum Gasteiger partial charge on any atom is 0.115 e. The molecule has 0 aliphatic carbocycles. The fourth-order valence-electron chi connectivity index (χ4n) is 1.24. The quantitative estimate of drug-likeness (QED) is 0.531. The Labute approximate surface area is 82.1 Å². The molecular weight excluding hydrogens is 184 g/mol. The van der Waals surface area contributed by atoms with E-state index >= 15 is 0 Å². The summed E-state index contributed by atoms with van der Waals surface area (Å²) in [6.07, 6.45) is 0. The van der Waals surface area contributed by atoms with Gasteiger partial charge in [0.2, 0.25) is 0 Å². The van der Waals surface area contributed by atoms with Crippen LogP contribution in [-0.4, -0.2) is 40.2 Å². The van der Waals surface area contributed by atoms with Crippen molar-refractivity contribution in [3.05, 3.63) is 29.8 Å². The molecule has 1 aromatic carbocycles. The molecule has 0 aliphatic heterocycles. The second-order valence-electron chi connectivity index (χ2n) is 3.30. The van der Waals surface area contributed by atoms with E-state index in [1.807, 2.05) is 0 Å². The first-order chi connectivity index (χ1) is 6.68. The summed E-state index contributed by atoms with van der Waals surface area (Å²) in [5, 5.41) is 36.4. The molecule has 0 aromatic heterocycles. The number of phenolic OH excluding ortho intramolecular Hbond substituents is 1. The maximum atomic E-state index is 9.12. The Bertz CT molecular complexity index is 268. The molecule has 0 saturated carbocycles. The van der Waals surface area contributed by atoms with Gasteiger partial charge in [-0.3, -0.25) is 0 Å². The summed E-state index contributed by atoms with van der Waals surface area (Å²) in [6, 6.07) is 6.03. The van der Waals surface area contributed by atoms with Gasteiger partial charge in [0, 0.05) is 0 Å². The Balaban J connectivity index is 3.05. The SMILES string of the molecule is OCC(CO)(CO)c1ccc(O)cc1. The van der Waals surface area contributed by atoms with Gasteiger partial charge < -0.3 is 20.4 Å². The number of phenols is 1. The first-order valence-electron chi connectivity index (χ1n) is 4.30. The normalized spacial score (nSPS) is 11.6. The second-order valence-corrected chi connectivity index (χ2v) is 3.30.